The highest BCUT2D eigenvalue weighted by Gasteiger charge is 2.34. The number of H-pyrrole nitrogens is 1. The summed E-state index contributed by atoms with van der Waals surface area (Å²) in [4.78, 5) is 13.8. The molecule has 1 aliphatic heterocycles. The van der Waals surface area contributed by atoms with Crippen molar-refractivity contribution in [2.75, 3.05) is 19.7 Å². The fraction of sp³-hybridized carbons (Fsp3) is 0.467. The summed E-state index contributed by atoms with van der Waals surface area (Å²) in [5, 5.41) is 9.02. The Bertz CT molecular complexity index is 1390. The highest BCUT2D eigenvalue weighted by Crippen LogP contribution is 2.39. The Labute approximate surface area is 238 Å². The molecule has 3 atom stereocenters. The molecule has 0 spiro atoms. The van der Waals surface area contributed by atoms with Gasteiger partial charge in [0.25, 0.3) is 0 Å². The minimum absolute atomic E-state index is 0.164. The normalized spacial score (nSPS) is 20.8. The van der Waals surface area contributed by atoms with Crippen LogP contribution in [0.5, 0.6) is 5.75 Å². The zero-order valence-electron chi connectivity index (χ0n) is 22.5. The van der Waals surface area contributed by atoms with Crippen molar-refractivity contribution in [3.63, 3.8) is 0 Å². The summed E-state index contributed by atoms with van der Waals surface area (Å²) < 4.78 is 26.6. The number of aromatic amines is 1. The van der Waals surface area contributed by atoms with E-state index >= 15 is 0 Å². The molecule has 1 aliphatic carbocycles. The molecule has 1 saturated heterocycles. The van der Waals surface area contributed by atoms with Crippen LogP contribution in [0.15, 0.2) is 42.0 Å². The maximum absolute atomic E-state index is 15.0. The number of hydrogen-bond acceptors (Lipinski definition) is 5. The molecule has 208 valence electrons. The van der Waals surface area contributed by atoms with Gasteiger partial charge in [0.05, 0.1) is 18.0 Å². The number of nitrogens with zero attached hydrogens (tertiary/aromatic N) is 2. The maximum Gasteiger partial charge on any atom is 0.309 e. The lowest BCUT2D eigenvalue weighted by molar-refractivity contribution is -0.151. The lowest BCUT2D eigenvalue weighted by Crippen LogP contribution is -2.43. The SMILES string of the molecule is CCOC(=O)C1CCN(CC2=C(Cl)c3ccc(OC(c4ccc5[nH]nc(Cl)c5c4)C(C)C)cc3CC2)C(F)C1. The number of alkyl halides is 1. The van der Waals surface area contributed by atoms with Crippen molar-refractivity contribution in [1.29, 1.82) is 0 Å². The average molecular weight is 575 g/mol. The van der Waals surface area contributed by atoms with Crippen LogP contribution in [0.2, 0.25) is 5.15 Å². The summed E-state index contributed by atoms with van der Waals surface area (Å²) in [5.41, 5.74) is 5.04. The number of ether oxygens (including phenoxy) is 2. The lowest BCUT2D eigenvalue weighted by Gasteiger charge is -2.35. The molecule has 5 rings (SSSR count). The van der Waals surface area contributed by atoms with Crippen molar-refractivity contribution in [3.05, 3.63) is 63.8 Å². The van der Waals surface area contributed by atoms with E-state index in [1.165, 1.54) is 0 Å². The molecule has 9 heteroatoms. The number of likely N-dealkylation sites (tertiary alicyclic amines) is 1. The quantitative estimate of drug-likeness (QED) is 0.224. The number of piperidine rings is 1. The molecule has 3 unspecified atom stereocenters. The van der Waals surface area contributed by atoms with Gasteiger partial charge >= 0.3 is 5.97 Å². The summed E-state index contributed by atoms with van der Waals surface area (Å²) in [6, 6.07) is 12.1. The van der Waals surface area contributed by atoms with Gasteiger partial charge in [-0.05, 0) is 84.7 Å². The predicted molar refractivity (Wildman–Crippen MR) is 153 cm³/mol. The topological polar surface area (TPSA) is 67.4 Å². The summed E-state index contributed by atoms with van der Waals surface area (Å²) in [6.07, 6.45) is 0.963. The molecule has 1 aromatic heterocycles. The second kappa shape index (κ2) is 11.9. The van der Waals surface area contributed by atoms with E-state index in [1.807, 2.05) is 30.3 Å². The van der Waals surface area contributed by atoms with Crippen molar-refractivity contribution < 1.29 is 18.7 Å². The number of esters is 1. The van der Waals surface area contributed by atoms with Gasteiger partial charge in [-0.1, -0.05) is 43.1 Å². The van der Waals surface area contributed by atoms with E-state index in [0.29, 0.717) is 36.3 Å². The molecule has 2 aliphatic rings. The van der Waals surface area contributed by atoms with Crippen LogP contribution >= 0.6 is 23.2 Å². The van der Waals surface area contributed by atoms with Crippen molar-refractivity contribution in [2.24, 2.45) is 11.8 Å². The van der Waals surface area contributed by atoms with Crippen LogP contribution < -0.4 is 4.74 Å². The van der Waals surface area contributed by atoms with Crippen LogP contribution in [0.4, 0.5) is 4.39 Å². The highest BCUT2D eigenvalue weighted by molar-refractivity contribution is 6.49. The number of aromatic nitrogens is 2. The Morgan fingerprint density at radius 1 is 1.21 bits per heavy atom. The first kappa shape index (κ1) is 27.9. The molecule has 2 aromatic carbocycles. The number of halogens is 3. The number of benzene rings is 2. The molecule has 0 amide bonds. The molecule has 39 heavy (non-hydrogen) atoms. The van der Waals surface area contributed by atoms with Gasteiger partial charge in [-0.25, -0.2) is 4.39 Å². The van der Waals surface area contributed by atoms with Crippen LogP contribution in [-0.2, 0) is 16.0 Å². The molecule has 3 aromatic rings. The van der Waals surface area contributed by atoms with Crippen LogP contribution in [0.1, 0.15) is 62.8 Å². The molecule has 0 saturated carbocycles. The zero-order valence-corrected chi connectivity index (χ0v) is 24.0. The van der Waals surface area contributed by atoms with E-state index < -0.39 is 6.30 Å². The summed E-state index contributed by atoms with van der Waals surface area (Å²) >= 11 is 13.1. The predicted octanol–water partition coefficient (Wildman–Crippen LogP) is 7.46. The highest BCUT2D eigenvalue weighted by atomic mass is 35.5. The van der Waals surface area contributed by atoms with Gasteiger partial charge in [-0.15, -0.1) is 0 Å². The Kier molecular flexibility index (Phi) is 8.50. The van der Waals surface area contributed by atoms with Crippen molar-refractivity contribution in [3.8, 4) is 5.75 Å². The average Bonchev–Trinajstić information content (AvgIpc) is 3.29. The number of hydrogen-bond donors (Lipinski definition) is 1. The molecule has 1 N–H and O–H groups in total. The summed E-state index contributed by atoms with van der Waals surface area (Å²) in [7, 11) is 0. The van der Waals surface area contributed by atoms with Crippen molar-refractivity contribution >= 4 is 45.1 Å². The maximum atomic E-state index is 15.0. The van der Waals surface area contributed by atoms with Gasteiger partial charge in [0.15, 0.2) is 11.4 Å². The van der Waals surface area contributed by atoms with Crippen molar-refractivity contribution in [1.82, 2.24) is 15.1 Å². The number of nitrogens with one attached hydrogen (secondary N) is 1. The van der Waals surface area contributed by atoms with Crippen LogP contribution in [-0.4, -0.2) is 47.1 Å². The third-order valence-electron chi connectivity index (χ3n) is 7.71. The monoisotopic (exact) mass is 573 g/mol. The number of carbonyl (C=O) groups excluding carboxylic acids is 1. The molecular formula is C30H34Cl2FN3O3. The molecule has 2 heterocycles. The van der Waals surface area contributed by atoms with Crippen molar-refractivity contribution in [2.45, 2.75) is 58.9 Å². The number of rotatable bonds is 8. The molecule has 6 nitrogen and oxygen atoms in total. The van der Waals surface area contributed by atoms with Gasteiger partial charge in [0.2, 0.25) is 0 Å². The molecule has 1 fully saturated rings. The molecule has 0 bridgehead atoms. The van der Waals surface area contributed by atoms with E-state index in [-0.39, 0.29) is 30.3 Å². The first-order valence-corrected chi connectivity index (χ1v) is 14.4. The smallest absolute Gasteiger partial charge is 0.309 e. The Morgan fingerprint density at radius 2 is 2.03 bits per heavy atom. The Morgan fingerprint density at radius 3 is 2.77 bits per heavy atom. The first-order valence-electron chi connectivity index (χ1n) is 13.6. The fourth-order valence-corrected chi connectivity index (χ4v) is 6.11. The first-order chi connectivity index (χ1) is 18.7. The van der Waals surface area contributed by atoms with Gasteiger partial charge in [-0.2, -0.15) is 5.10 Å². The van der Waals surface area contributed by atoms with Gasteiger partial charge < -0.3 is 9.47 Å². The van der Waals surface area contributed by atoms with E-state index in [0.717, 1.165) is 51.8 Å². The summed E-state index contributed by atoms with van der Waals surface area (Å²) in [6.45, 7) is 7.31. The van der Waals surface area contributed by atoms with Crippen LogP contribution in [0.3, 0.4) is 0 Å². The van der Waals surface area contributed by atoms with Gasteiger partial charge in [0, 0.05) is 29.9 Å². The minimum Gasteiger partial charge on any atom is -0.485 e. The second-order valence-electron chi connectivity index (χ2n) is 10.7. The largest absolute Gasteiger partial charge is 0.485 e. The Balaban J connectivity index is 1.29. The van der Waals surface area contributed by atoms with Gasteiger partial charge in [-0.3, -0.25) is 14.8 Å². The third-order valence-corrected chi connectivity index (χ3v) is 8.47. The number of carbonyl (C=O) groups is 1. The number of fused-ring (bicyclic) bond motifs is 2. The molecular weight excluding hydrogens is 540 g/mol. The van der Waals surface area contributed by atoms with E-state index in [4.69, 9.17) is 32.7 Å². The Hall–Kier alpha value is -2.61. The van der Waals surface area contributed by atoms with Crippen LogP contribution in [0.25, 0.3) is 15.9 Å². The van der Waals surface area contributed by atoms with E-state index in [9.17, 15) is 9.18 Å². The zero-order chi connectivity index (χ0) is 27.7. The standard InChI is InChI=1S/C30H34Cl2FN3O3/c1-4-38-30(37)20-11-12-36(26(33)15-20)16-21-6-5-18-13-22(8-9-23(18)27(21)31)39-28(17(2)3)19-7-10-25-24(14-19)29(32)35-34-25/h7-10,13-14,17,20,26,28H,4-6,11-12,15-16H2,1-3H3,(H,34,35). The summed E-state index contributed by atoms with van der Waals surface area (Å²) in [5.74, 6) is 0.330. The molecule has 0 radical (unpaired) electrons. The van der Waals surface area contributed by atoms with E-state index in [1.54, 1.807) is 11.8 Å². The van der Waals surface area contributed by atoms with Crippen LogP contribution in [0, 0.1) is 11.8 Å². The van der Waals surface area contributed by atoms with Gasteiger partial charge in [0.1, 0.15) is 11.9 Å². The fourth-order valence-electron chi connectivity index (χ4n) is 5.57. The third kappa shape index (κ3) is 5.96. The second-order valence-corrected chi connectivity index (χ2v) is 11.5. The lowest BCUT2D eigenvalue weighted by atomic mass is 9.90. The minimum atomic E-state index is -1.19. The number of aryl methyl sites for hydroxylation is 1. The van der Waals surface area contributed by atoms with E-state index in [2.05, 4.69) is 30.1 Å².